The Bertz CT molecular complexity index is 1040. The molecule has 0 atom stereocenters. The Hall–Kier alpha value is -2.07. The molecule has 2 aromatic carbocycles. The maximum absolute atomic E-state index is 13.0. The summed E-state index contributed by atoms with van der Waals surface area (Å²) in [6, 6.07) is 10.0. The van der Waals surface area contributed by atoms with Crippen molar-refractivity contribution in [2.45, 2.75) is 0 Å². The van der Waals surface area contributed by atoms with Gasteiger partial charge in [0.05, 0.1) is 22.7 Å². The van der Waals surface area contributed by atoms with Gasteiger partial charge in [-0.15, -0.1) is 0 Å². The third kappa shape index (κ3) is 4.92. The van der Waals surface area contributed by atoms with Crippen LogP contribution in [0.3, 0.4) is 0 Å². The number of methoxy groups -OCH3 is 1. The summed E-state index contributed by atoms with van der Waals surface area (Å²) in [5.41, 5.74) is 1.08. The van der Waals surface area contributed by atoms with E-state index in [2.05, 4.69) is 15.9 Å². The van der Waals surface area contributed by atoms with Crippen LogP contribution < -0.4 is 14.4 Å². The van der Waals surface area contributed by atoms with Gasteiger partial charge in [-0.25, -0.2) is 4.79 Å². The number of thiocarbonyl (C=S) groups is 1. The molecule has 29 heavy (non-hydrogen) atoms. The topological polar surface area (TPSA) is 76.1 Å². The van der Waals surface area contributed by atoms with Gasteiger partial charge in [-0.3, -0.25) is 9.69 Å². The minimum absolute atomic E-state index is 0.314. The molecule has 0 unspecified atom stereocenters. The molecule has 1 heterocycles. The summed E-state index contributed by atoms with van der Waals surface area (Å²) in [6.45, 7) is -0.492. The summed E-state index contributed by atoms with van der Waals surface area (Å²) < 4.78 is 11.6. The van der Waals surface area contributed by atoms with E-state index in [1.807, 2.05) is 0 Å². The highest BCUT2D eigenvalue weighted by Crippen LogP contribution is 2.39. The largest absolute Gasteiger partial charge is 0.495 e. The quantitative estimate of drug-likeness (QED) is 0.430. The van der Waals surface area contributed by atoms with E-state index < -0.39 is 12.6 Å². The van der Waals surface area contributed by atoms with Crippen LogP contribution in [0.2, 0.25) is 5.02 Å². The normalized spacial score (nSPS) is 15.1. The van der Waals surface area contributed by atoms with Gasteiger partial charge in [0, 0.05) is 10.0 Å². The Kier molecular flexibility index (Phi) is 6.84. The van der Waals surface area contributed by atoms with Crippen molar-refractivity contribution in [1.29, 1.82) is 0 Å². The van der Waals surface area contributed by atoms with Gasteiger partial charge >= 0.3 is 5.97 Å². The Morgan fingerprint density at radius 3 is 2.69 bits per heavy atom. The van der Waals surface area contributed by atoms with Crippen LogP contribution in [0.5, 0.6) is 11.5 Å². The first-order valence-corrected chi connectivity index (χ1v) is 10.5. The number of amides is 1. The second-order valence-corrected chi connectivity index (χ2v) is 8.70. The number of thioether (sulfide) groups is 1. The molecule has 0 radical (unpaired) electrons. The molecule has 1 N–H and O–H groups in total. The van der Waals surface area contributed by atoms with Crippen molar-refractivity contribution in [1.82, 2.24) is 0 Å². The predicted molar refractivity (Wildman–Crippen MR) is 121 cm³/mol. The number of carboxylic acid groups (broad SMARTS) is 1. The molecule has 1 amide bonds. The number of carboxylic acids is 1. The first-order chi connectivity index (χ1) is 13.8. The minimum atomic E-state index is -1.10. The van der Waals surface area contributed by atoms with E-state index >= 15 is 0 Å². The molecule has 3 rings (SSSR count). The SMILES string of the molecule is COc1ccc(N2C(=O)/C(=C\c3cc(Br)ccc3OCC(=O)O)SC2=S)cc1Cl. The minimum Gasteiger partial charge on any atom is -0.495 e. The van der Waals surface area contributed by atoms with Crippen molar-refractivity contribution in [2.24, 2.45) is 0 Å². The number of benzene rings is 2. The van der Waals surface area contributed by atoms with Crippen molar-refractivity contribution in [3.05, 3.63) is 56.4 Å². The van der Waals surface area contributed by atoms with Crippen molar-refractivity contribution in [2.75, 3.05) is 18.6 Å². The smallest absolute Gasteiger partial charge is 0.341 e. The van der Waals surface area contributed by atoms with E-state index in [4.69, 9.17) is 38.4 Å². The van der Waals surface area contributed by atoms with Crippen LogP contribution in [0, 0.1) is 0 Å². The number of hydrogen-bond acceptors (Lipinski definition) is 6. The second-order valence-electron chi connectivity index (χ2n) is 5.70. The fourth-order valence-corrected chi connectivity index (χ4v) is 4.45. The summed E-state index contributed by atoms with van der Waals surface area (Å²) in [6.07, 6.45) is 1.62. The number of nitrogens with zero attached hydrogens (tertiary/aromatic N) is 1. The number of hydrogen-bond donors (Lipinski definition) is 1. The third-order valence-corrected chi connectivity index (χ3v) is 5.89. The van der Waals surface area contributed by atoms with Gasteiger partial charge in [0.2, 0.25) is 0 Å². The van der Waals surface area contributed by atoms with Gasteiger partial charge in [-0.05, 0) is 42.5 Å². The molecular formula is C19H13BrClNO5S2. The Morgan fingerprint density at radius 2 is 2.03 bits per heavy atom. The van der Waals surface area contributed by atoms with Crippen LogP contribution in [0.15, 0.2) is 45.8 Å². The first kappa shape index (κ1) is 21.6. The molecule has 0 aromatic heterocycles. The highest BCUT2D eigenvalue weighted by atomic mass is 79.9. The lowest BCUT2D eigenvalue weighted by Gasteiger charge is -2.15. The van der Waals surface area contributed by atoms with Gasteiger partial charge in [0.15, 0.2) is 10.9 Å². The number of rotatable bonds is 6. The van der Waals surface area contributed by atoms with Gasteiger partial charge in [0.1, 0.15) is 11.5 Å². The zero-order valence-corrected chi connectivity index (χ0v) is 18.8. The van der Waals surface area contributed by atoms with E-state index in [0.29, 0.717) is 37.0 Å². The molecule has 0 bridgehead atoms. The second kappa shape index (κ2) is 9.17. The maximum atomic E-state index is 13.0. The number of aliphatic carboxylic acids is 1. The Labute approximate surface area is 189 Å². The van der Waals surface area contributed by atoms with Gasteiger partial charge in [0.25, 0.3) is 5.91 Å². The molecule has 1 aliphatic heterocycles. The lowest BCUT2D eigenvalue weighted by atomic mass is 10.2. The molecule has 0 spiro atoms. The maximum Gasteiger partial charge on any atom is 0.341 e. The molecule has 2 aromatic rings. The van der Waals surface area contributed by atoms with E-state index in [1.54, 1.807) is 42.5 Å². The molecule has 0 saturated carbocycles. The average molecular weight is 515 g/mol. The van der Waals surface area contributed by atoms with Crippen molar-refractivity contribution < 1.29 is 24.2 Å². The Balaban J connectivity index is 1.93. The van der Waals surface area contributed by atoms with Crippen molar-refractivity contribution in [3.63, 3.8) is 0 Å². The Morgan fingerprint density at radius 1 is 1.31 bits per heavy atom. The van der Waals surface area contributed by atoms with E-state index in [1.165, 1.54) is 12.0 Å². The molecule has 150 valence electrons. The summed E-state index contributed by atoms with van der Waals surface area (Å²) >= 11 is 16.0. The van der Waals surface area contributed by atoms with Crippen LogP contribution in [-0.2, 0) is 9.59 Å². The molecule has 6 nitrogen and oxygen atoms in total. The van der Waals surface area contributed by atoms with Gasteiger partial charge < -0.3 is 14.6 Å². The van der Waals surface area contributed by atoms with Crippen molar-refractivity contribution >= 4 is 79.5 Å². The zero-order valence-electron chi connectivity index (χ0n) is 14.8. The summed E-state index contributed by atoms with van der Waals surface area (Å²) in [5, 5.41) is 9.21. The number of carbonyl (C=O) groups excluding carboxylic acids is 1. The van der Waals surface area contributed by atoms with E-state index in [0.717, 1.165) is 16.2 Å². The predicted octanol–water partition coefficient (Wildman–Crippen LogP) is 4.98. The van der Waals surface area contributed by atoms with Crippen LogP contribution in [0.4, 0.5) is 5.69 Å². The standard InChI is InChI=1S/C19H13BrClNO5S2/c1-26-15-5-3-12(8-13(15)21)22-18(25)16(29-19(22)28)7-10-6-11(20)2-4-14(10)27-9-17(23)24/h2-8H,9H2,1H3,(H,23,24)/b16-7+. The summed E-state index contributed by atoms with van der Waals surface area (Å²) in [4.78, 5) is 25.5. The zero-order chi connectivity index (χ0) is 21.1. The fourth-order valence-electron chi connectivity index (χ4n) is 2.53. The van der Waals surface area contributed by atoms with Crippen molar-refractivity contribution in [3.8, 4) is 11.5 Å². The van der Waals surface area contributed by atoms with Gasteiger partial charge in [-0.1, -0.05) is 51.5 Å². The molecule has 0 aliphatic carbocycles. The molecule has 10 heteroatoms. The van der Waals surface area contributed by atoms with E-state index in [9.17, 15) is 9.59 Å². The lowest BCUT2D eigenvalue weighted by Crippen LogP contribution is -2.27. The first-order valence-electron chi connectivity index (χ1n) is 8.06. The lowest BCUT2D eigenvalue weighted by molar-refractivity contribution is -0.139. The molecular weight excluding hydrogens is 502 g/mol. The number of halogens is 2. The number of carbonyl (C=O) groups is 2. The molecule has 1 aliphatic rings. The van der Waals surface area contributed by atoms with Crippen LogP contribution in [0.25, 0.3) is 6.08 Å². The van der Waals surface area contributed by atoms with Crippen LogP contribution >= 0.6 is 51.5 Å². The third-order valence-electron chi connectivity index (χ3n) is 3.80. The average Bonchev–Trinajstić information content (AvgIpc) is 2.94. The fraction of sp³-hybridized carbons (Fsp3) is 0.105. The summed E-state index contributed by atoms with van der Waals surface area (Å²) in [5.74, 6) is -0.578. The number of anilines is 1. The monoisotopic (exact) mass is 513 g/mol. The summed E-state index contributed by atoms with van der Waals surface area (Å²) in [7, 11) is 1.51. The molecule has 1 saturated heterocycles. The van der Waals surface area contributed by atoms with Crippen LogP contribution in [0.1, 0.15) is 5.56 Å². The highest BCUT2D eigenvalue weighted by molar-refractivity contribution is 9.10. The van der Waals surface area contributed by atoms with Gasteiger partial charge in [-0.2, -0.15) is 0 Å². The van der Waals surface area contributed by atoms with Crippen LogP contribution in [-0.4, -0.2) is 35.0 Å². The highest BCUT2D eigenvalue weighted by Gasteiger charge is 2.34. The number of ether oxygens (including phenoxy) is 2. The van der Waals surface area contributed by atoms with E-state index in [-0.39, 0.29) is 5.91 Å². The molecule has 1 fully saturated rings.